The van der Waals surface area contributed by atoms with Gasteiger partial charge in [-0.15, -0.1) is 0 Å². The van der Waals surface area contributed by atoms with E-state index in [9.17, 15) is 0 Å². The van der Waals surface area contributed by atoms with E-state index >= 15 is 0 Å². The molecule has 3 atom stereocenters. The van der Waals surface area contributed by atoms with Crippen molar-refractivity contribution < 1.29 is 4.74 Å². The summed E-state index contributed by atoms with van der Waals surface area (Å²) < 4.78 is 6.01. The molecule has 1 aromatic carbocycles. The third kappa shape index (κ3) is 2.46. The molecule has 0 radical (unpaired) electrons. The lowest BCUT2D eigenvalue weighted by atomic mass is 9.89. The fourth-order valence-electron chi connectivity index (χ4n) is 3.70. The quantitative estimate of drug-likeness (QED) is 0.644. The molecule has 0 heterocycles. The molecule has 3 heteroatoms. The summed E-state index contributed by atoms with van der Waals surface area (Å²) in [5.41, 5.74) is 7.39. The number of nitrogen functional groups attached to an aromatic ring is 1. The molecule has 3 N–H and O–H groups in total. The van der Waals surface area contributed by atoms with Crippen molar-refractivity contribution in [2.24, 2.45) is 23.5 Å². The number of aryl methyl sites for hydroxylation is 1. The van der Waals surface area contributed by atoms with Gasteiger partial charge in [-0.05, 0) is 55.6 Å². The van der Waals surface area contributed by atoms with Crippen LogP contribution in [-0.4, -0.2) is 12.4 Å². The molecule has 2 bridgehead atoms. The summed E-state index contributed by atoms with van der Waals surface area (Å²) >= 11 is 0. The average molecular weight is 258 g/mol. The lowest BCUT2D eigenvalue weighted by Crippen LogP contribution is -2.19. The van der Waals surface area contributed by atoms with Crippen molar-refractivity contribution in [1.82, 2.24) is 0 Å². The van der Waals surface area contributed by atoms with E-state index in [0.29, 0.717) is 0 Å². The molecule has 2 aliphatic carbocycles. The van der Waals surface area contributed by atoms with E-state index in [-0.39, 0.29) is 5.84 Å². The summed E-state index contributed by atoms with van der Waals surface area (Å²) in [5.74, 6) is 3.57. The van der Waals surface area contributed by atoms with Crippen LogP contribution in [-0.2, 0) is 0 Å². The molecule has 0 amide bonds. The summed E-state index contributed by atoms with van der Waals surface area (Å²) in [6.45, 7) is 2.86. The fourth-order valence-corrected chi connectivity index (χ4v) is 3.70. The van der Waals surface area contributed by atoms with Crippen LogP contribution in [0.4, 0.5) is 0 Å². The third-order valence-corrected chi connectivity index (χ3v) is 4.84. The van der Waals surface area contributed by atoms with Gasteiger partial charge in [-0.25, -0.2) is 0 Å². The first kappa shape index (κ1) is 12.5. The number of hydrogen-bond donors (Lipinski definition) is 2. The molecule has 3 rings (SSSR count). The second-order valence-corrected chi connectivity index (χ2v) is 6.14. The van der Waals surface area contributed by atoms with E-state index in [1.54, 1.807) is 0 Å². The minimum absolute atomic E-state index is 0.102. The zero-order valence-corrected chi connectivity index (χ0v) is 11.5. The minimum Gasteiger partial charge on any atom is -0.493 e. The van der Waals surface area contributed by atoms with Crippen LogP contribution in [0.2, 0.25) is 0 Å². The number of benzene rings is 1. The van der Waals surface area contributed by atoms with Crippen LogP contribution in [0, 0.1) is 30.1 Å². The maximum absolute atomic E-state index is 7.49. The molecular formula is C16H22N2O. The number of nitrogens with two attached hydrogens (primary N) is 1. The van der Waals surface area contributed by atoms with Crippen molar-refractivity contribution in [2.45, 2.75) is 32.6 Å². The lowest BCUT2D eigenvalue weighted by Gasteiger charge is -2.22. The fraction of sp³-hybridized carbons (Fsp3) is 0.562. The zero-order chi connectivity index (χ0) is 13.4. The van der Waals surface area contributed by atoms with Crippen LogP contribution in [0.25, 0.3) is 0 Å². The van der Waals surface area contributed by atoms with Gasteiger partial charge in [0.1, 0.15) is 11.6 Å². The predicted molar refractivity (Wildman–Crippen MR) is 76.6 cm³/mol. The summed E-state index contributed by atoms with van der Waals surface area (Å²) in [4.78, 5) is 0. The van der Waals surface area contributed by atoms with E-state index in [2.05, 4.69) is 0 Å². The molecule has 0 aliphatic heterocycles. The molecule has 2 fully saturated rings. The number of hydrogen-bond acceptors (Lipinski definition) is 2. The summed E-state index contributed by atoms with van der Waals surface area (Å²) in [5, 5.41) is 7.49. The number of ether oxygens (including phenoxy) is 1. The molecule has 1 aromatic rings. The topological polar surface area (TPSA) is 59.1 Å². The minimum atomic E-state index is 0.102. The predicted octanol–water partition coefficient (Wildman–Crippen LogP) is 3.09. The highest BCUT2D eigenvalue weighted by Crippen LogP contribution is 2.48. The first-order chi connectivity index (χ1) is 9.13. The van der Waals surface area contributed by atoms with Gasteiger partial charge >= 0.3 is 0 Å². The van der Waals surface area contributed by atoms with Crippen molar-refractivity contribution >= 4 is 5.84 Å². The summed E-state index contributed by atoms with van der Waals surface area (Å²) in [6, 6.07) is 5.75. The highest BCUT2D eigenvalue weighted by atomic mass is 16.5. The van der Waals surface area contributed by atoms with Crippen LogP contribution in [0.5, 0.6) is 5.75 Å². The van der Waals surface area contributed by atoms with E-state index in [1.165, 1.54) is 25.7 Å². The molecule has 3 unspecified atom stereocenters. The summed E-state index contributed by atoms with van der Waals surface area (Å²) in [7, 11) is 0. The van der Waals surface area contributed by atoms with Gasteiger partial charge < -0.3 is 10.5 Å². The van der Waals surface area contributed by atoms with E-state index in [1.807, 2.05) is 25.1 Å². The van der Waals surface area contributed by atoms with Crippen molar-refractivity contribution in [3.05, 3.63) is 29.3 Å². The second-order valence-electron chi connectivity index (χ2n) is 6.14. The second kappa shape index (κ2) is 4.87. The van der Waals surface area contributed by atoms with Crippen LogP contribution < -0.4 is 10.5 Å². The molecule has 0 spiro atoms. The normalized spacial score (nSPS) is 28.6. The lowest BCUT2D eigenvalue weighted by molar-refractivity contribution is 0.194. The largest absolute Gasteiger partial charge is 0.493 e. The van der Waals surface area contributed by atoms with Crippen LogP contribution in [0.3, 0.4) is 0 Å². The zero-order valence-electron chi connectivity index (χ0n) is 11.5. The maximum atomic E-state index is 7.49. The van der Waals surface area contributed by atoms with Crippen molar-refractivity contribution in [1.29, 1.82) is 5.41 Å². The van der Waals surface area contributed by atoms with Crippen LogP contribution >= 0.6 is 0 Å². The SMILES string of the molecule is Cc1ccc(C(=N)N)cc1OCC1CC2CCC1C2. The van der Waals surface area contributed by atoms with E-state index in [0.717, 1.165) is 41.2 Å². The third-order valence-electron chi connectivity index (χ3n) is 4.84. The molecular weight excluding hydrogens is 236 g/mol. The molecule has 3 nitrogen and oxygen atoms in total. The van der Waals surface area contributed by atoms with Crippen molar-refractivity contribution in [3.63, 3.8) is 0 Å². The molecule has 0 saturated heterocycles. The highest BCUT2D eigenvalue weighted by Gasteiger charge is 2.39. The van der Waals surface area contributed by atoms with Gasteiger partial charge in [-0.2, -0.15) is 0 Å². The first-order valence-corrected chi connectivity index (χ1v) is 7.21. The van der Waals surface area contributed by atoms with Gasteiger partial charge in [-0.1, -0.05) is 18.6 Å². The van der Waals surface area contributed by atoms with Crippen molar-refractivity contribution in [2.75, 3.05) is 6.61 Å². The molecule has 19 heavy (non-hydrogen) atoms. The number of amidine groups is 1. The molecule has 102 valence electrons. The van der Waals surface area contributed by atoms with Gasteiger partial charge in [0.25, 0.3) is 0 Å². The van der Waals surface area contributed by atoms with Gasteiger partial charge in [0.15, 0.2) is 0 Å². The van der Waals surface area contributed by atoms with Crippen LogP contribution in [0.1, 0.15) is 36.8 Å². The van der Waals surface area contributed by atoms with Gasteiger partial charge in [-0.3, -0.25) is 5.41 Å². The molecule has 0 aromatic heterocycles. The summed E-state index contributed by atoms with van der Waals surface area (Å²) in [6.07, 6.45) is 5.59. The van der Waals surface area contributed by atoms with Gasteiger partial charge in [0.2, 0.25) is 0 Å². The average Bonchev–Trinajstić information content (AvgIpc) is 2.99. The standard InChI is InChI=1S/C16H22N2O/c1-10-2-4-13(16(17)18)8-15(10)19-9-14-7-11-3-5-12(14)6-11/h2,4,8,11-12,14H,3,5-7,9H2,1H3,(H3,17,18). The Kier molecular flexibility index (Phi) is 3.21. The van der Waals surface area contributed by atoms with Gasteiger partial charge in [0.05, 0.1) is 6.61 Å². The molecule has 2 aliphatic rings. The Morgan fingerprint density at radius 2 is 2.21 bits per heavy atom. The Labute approximate surface area is 114 Å². The highest BCUT2D eigenvalue weighted by molar-refractivity contribution is 5.95. The Hall–Kier alpha value is -1.51. The Morgan fingerprint density at radius 3 is 2.84 bits per heavy atom. The van der Waals surface area contributed by atoms with E-state index in [4.69, 9.17) is 15.9 Å². The Morgan fingerprint density at radius 1 is 1.37 bits per heavy atom. The Bertz CT molecular complexity index is 498. The van der Waals surface area contributed by atoms with Crippen molar-refractivity contribution in [3.8, 4) is 5.75 Å². The van der Waals surface area contributed by atoms with Gasteiger partial charge in [0, 0.05) is 5.56 Å². The maximum Gasteiger partial charge on any atom is 0.122 e. The monoisotopic (exact) mass is 258 g/mol. The van der Waals surface area contributed by atoms with E-state index < -0.39 is 0 Å². The number of fused-ring (bicyclic) bond motifs is 2. The van der Waals surface area contributed by atoms with Crippen LogP contribution in [0.15, 0.2) is 18.2 Å². The first-order valence-electron chi connectivity index (χ1n) is 7.21. The number of nitrogens with one attached hydrogen (secondary N) is 1. The smallest absolute Gasteiger partial charge is 0.122 e. The Balaban J connectivity index is 1.66. The molecule has 2 saturated carbocycles. The number of rotatable bonds is 4.